The molecule has 0 atom stereocenters. The van der Waals surface area contributed by atoms with Crippen molar-refractivity contribution in [3.8, 4) is 0 Å². The van der Waals surface area contributed by atoms with Crippen LogP contribution in [-0.4, -0.2) is 33.2 Å². The van der Waals surface area contributed by atoms with Gasteiger partial charge in [0.1, 0.15) is 5.82 Å². The number of hydrogen-bond donors (Lipinski definition) is 1. The summed E-state index contributed by atoms with van der Waals surface area (Å²) in [5, 5.41) is 3.37. The SMILES string of the molecule is Cn1c(NC2CCN(Cc3ccccc3)CC2)cc(=O)n(C)c1=O. The molecule has 2 aromatic rings. The van der Waals surface area contributed by atoms with Gasteiger partial charge in [0.15, 0.2) is 0 Å². The molecule has 1 aliphatic rings. The minimum Gasteiger partial charge on any atom is -0.368 e. The predicted octanol–water partition coefficient (Wildman–Crippen LogP) is 1.16. The van der Waals surface area contributed by atoms with Gasteiger partial charge in [0, 0.05) is 45.8 Å². The van der Waals surface area contributed by atoms with Gasteiger partial charge in [0.2, 0.25) is 0 Å². The molecule has 1 fully saturated rings. The van der Waals surface area contributed by atoms with E-state index in [0.29, 0.717) is 5.82 Å². The van der Waals surface area contributed by atoms with Crippen molar-refractivity contribution in [1.82, 2.24) is 14.0 Å². The Labute approximate surface area is 141 Å². The third-order valence-corrected chi connectivity index (χ3v) is 4.71. The topological polar surface area (TPSA) is 59.3 Å². The highest BCUT2D eigenvalue weighted by Gasteiger charge is 2.20. The van der Waals surface area contributed by atoms with Crippen LogP contribution in [0, 0.1) is 0 Å². The first-order valence-electron chi connectivity index (χ1n) is 8.34. The molecule has 0 spiro atoms. The Bertz CT molecular complexity index is 802. The van der Waals surface area contributed by atoms with Crippen LogP contribution in [0.25, 0.3) is 0 Å². The van der Waals surface area contributed by atoms with Crippen molar-refractivity contribution in [2.45, 2.75) is 25.4 Å². The van der Waals surface area contributed by atoms with Crippen molar-refractivity contribution >= 4 is 5.82 Å². The first kappa shape index (κ1) is 16.5. The summed E-state index contributed by atoms with van der Waals surface area (Å²) >= 11 is 0. The summed E-state index contributed by atoms with van der Waals surface area (Å²) in [6.07, 6.45) is 1.99. The second-order valence-electron chi connectivity index (χ2n) is 6.45. The molecule has 128 valence electrons. The first-order chi connectivity index (χ1) is 11.5. The zero-order chi connectivity index (χ0) is 17.1. The lowest BCUT2D eigenvalue weighted by Crippen LogP contribution is -2.42. The fourth-order valence-electron chi connectivity index (χ4n) is 3.16. The second kappa shape index (κ2) is 7.05. The lowest BCUT2D eigenvalue weighted by atomic mass is 10.0. The zero-order valence-electron chi connectivity index (χ0n) is 14.2. The quantitative estimate of drug-likeness (QED) is 0.915. The standard InChI is InChI=1S/C18H24N4O2/c1-20-16(12-17(23)21(2)18(20)24)19-15-8-10-22(11-9-15)13-14-6-4-3-5-7-14/h3-7,12,15,19H,8-11,13H2,1-2H3. The molecular weight excluding hydrogens is 304 g/mol. The molecule has 0 amide bonds. The number of hydrogen-bond acceptors (Lipinski definition) is 4. The minimum absolute atomic E-state index is 0.276. The highest BCUT2D eigenvalue weighted by molar-refractivity contribution is 5.35. The molecular formula is C18H24N4O2. The van der Waals surface area contributed by atoms with Crippen LogP contribution >= 0.6 is 0 Å². The van der Waals surface area contributed by atoms with Gasteiger partial charge >= 0.3 is 5.69 Å². The van der Waals surface area contributed by atoms with Crippen molar-refractivity contribution in [1.29, 1.82) is 0 Å². The monoisotopic (exact) mass is 328 g/mol. The fourth-order valence-corrected chi connectivity index (χ4v) is 3.16. The summed E-state index contributed by atoms with van der Waals surface area (Å²) in [5.41, 5.74) is 0.756. The number of aromatic nitrogens is 2. The smallest absolute Gasteiger partial charge is 0.332 e. The van der Waals surface area contributed by atoms with Crippen LogP contribution in [0.5, 0.6) is 0 Å². The van der Waals surface area contributed by atoms with Crippen LogP contribution in [0.2, 0.25) is 0 Å². The summed E-state index contributed by atoms with van der Waals surface area (Å²) in [4.78, 5) is 26.2. The van der Waals surface area contributed by atoms with Crippen molar-refractivity contribution in [3.05, 3.63) is 62.8 Å². The summed E-state index contributed by atoms with van der Waals surface area (Å²) in [6, 6.07) is 12.3. The highest BCUT2D eigenvalue weighted by atomic mass is 16.2. The zero-order valence-corrected chi connectivity index (χ0v) is 14.2. The number of benzene rings is 1. The number of nitrogens with zero attached hydrogens (tertiary/aromatic N) is 3. The molecule has 1 aliphatic heterocycles. The number of likely N-dealkylation sites (tertiary alicyclic amines) is 1. The van der Waals surface area contributed by atoms with Gasteiger partial charge in [0.05, 0.1) is 0 Å². The Morgan fingerprint density at radius 3 is 2.38 bits per heavy atom. The highest BCUT2D eigenvalue weighted by Crippen LogP contribution is 2.16. The summed E-state index contributed by atoms with van der Waals surface area (Å²) in [6.45, 7) is 2.98. The molecule has 0 saturated carbocycles. The number of rotatable bonds is 4. The van der Waals surface area contributed by atoms with Crippen molar-refractivity contribution in [2.24, 2.45) is 14.1 Å². The van der Waals surface area contributed by atoms with E-state index in [-0.39, 0.29) is 17.3 Å². The van der Waals surface area contributed by atoms with Gasteiger partial charge in [-0.2, -0.15) is 0 Å². The molecule has 1 aromatic carbocycles. The number of nitrogens with one attached hydrogen (secondary N) is 1. The Balaban J connectivity index is 1.60. The van der Waals surface area contributed by atoms with Gasteiger partial charge in [-0.3, -0.25) is 18.8 Å². The van der Waals surface area contributed by atoms with Crippen LogP contribution in [0.4, 0.5) is 5.82 Å². The fraction of sp³-hybridized carbons (Fsp3) is 0.444. The third-order valence-electron chi connectivity index (χ3n) is 4.71. The van der Waals surface area contributed by atoms with Gasteiger partial charge in [-0.05, 0) is 18.4 Å². The van der Waals surface area contributed by atoms with Crippen molar-refractivity contribution in [3.63, 3.8) is 0 Å². The number of piperidine rings is 1. The van der Waals surface area contributed by atoms with E-state index in [0.717, 1.165) is 37.0 Å². The van der Waals surface area contributed by atoms with E-state index in [2.05, 4.69) is 34.5 Å². The van der Waals surface area contributed by atoms with Crippen LogP contribution in [0.1, 0.15) is 18.4 Å². The van der Waals surface area contributed by atoms with E-state index in [4.69, 9.17) is 0 Å². The molecule has 0 bridgehead atoms. The minimum atomic E-state index is -0.300. The number of anilines is 1. The molecule has 1 aromatic heterocycles. The second-order valence-corrected chi connectivity index (χ2v) is 6.45. The Hall–Kier alpha value is -2.34. The summed E-state index contributed by atoms with van der Waals surface area (Å²) in [7, 11) is 3.19. The van der Waals surface area contributed by atoms with Crippen LogP contribution in [-0.2, 0) is 20.6 Å². The van der Waals surface area contributed by atoms with Gasteiger partial charge in [0.25, 0.3) is 5.56 Å². The molecule has 0 unspecified atom stereocenters. The van der Waals surface area contributed by atoms with Gasteiger partial charge in [-0.25, -0.2) is 4.79 Å². The Morgan fingerprint density at radius 1 is 1.04 bits per heavy atom. The molecule has 1 saturated heterocycles. The van der Waals surface area contributed by atoms with E-state index >= 15 is 0 Å². The summed E-state index contributed by atoms with van der Waals surface area (Å²) in [5.74, 6) is 0.601. The van der Waals surface area contributed by atoms with Crippen LogP contribution in [0.3, 0.4) is 0 Å². The molecule has 6 nitrogen and oxygen atoms in total. The van der Waals surface area contributed by atoms with E-state index < -0.39 is 0 Å². The van der Waals surface area contributed by atoms with Crippen molar-refractivity contribution < 1.29 is 0 Å². The molecule has 1 N–H and O–H groups in total. The largest absolute Gasteiger partial charge is 0.368 e. The predicted molar refractivity (Wildman–Crippen MR) is 95.3 cm³/mol. The normalized spacial score (nSPS) is 16.2. The lowest BCUT2D eigenvalue weighted by Gasteiger charge is -2.33. The van der Waals surface area contributed by atoms with Gasteiger partial charge < -0.3 is 5.32 Å². The average molecular weight is 328 g/mol. The van der Waals surface area contributed by atoms with Crippen LogP contribution < -0.4 is 16.6 Å². The maximum absolute atomic E-state index is 12.0. The van der Waals surface area contributed by atoms with Gasteiger partial charge in [-0.1, -0.05) is 30.3 Å². The van der Waals surface area contributed by atoms with Gasteiger partial charge in [-0.15, -0.1) is 0 Å². The molecule has 3 rings (SSSR count). The lowest BCUT2D eigenvalue weighted by molar-refractivity contribution is 0.211. The van der Waals surface area contributed by atoms with E-state index in [1.165, 1.54) is 23.2 Å². The van der Waals surface area contributed by atoms with Crippen LogP contribution in [0.15, 0.2) is 46.0 Å². The average Bonchev–Trinajstić information content (AvgIpc) is 2.60. The first-order valence-corrected chi connectivity index (χ1v) is 8.34. The van der Waals surface area contributed by atoms with E-state index in [9.17, 15) is 9.59 Å². The molecule has 6 heteroatoms. The molecule has 0 radical (unpaired) electrons. The third kappa shape index (κ3) is 3.59. The Morgan fingerprint density at radius 2 is 1.71 bits per heavy atom. The van der Waals surface area contributed by atoms with E-state index in [1.807, 2.05) is 6.07 Å². The summed E-state index contributed by atoms with van der Waals surface area (Å²) < 4.78 is 2.62. The van der Waals surface area contributed by atoms with E-state index in [1.54, 1.807) is 7.05 Å². The molecule has 24 heavy (non-hydrogen) atoms. The maximum atomic E-state index is 12.0. The van der Waals surface area contributed by atoms with Crippen molar-refractivity contribution in [2.75, 3.05) is 18.4 Å². The maximum Gasteiger partial charge on any atom is 0.332 e. The molecule has 0 aliphatic carbocycles. The molecule has 2 heterocycles. The Kier molecular flexibility index (Phi) is 4.85.